The van der Waals surface area contributed by atoms with Crippen molar-refractivity contribution in [2.75, 3.05) is 13.1 Å². The van der Waals surface area contributed by atoms with Gasteiger partial charge in [0.05, 0.1) is 5.92 Å². The van der Waals surface area contributed by atoms with Crippen molar-refractivity contribution in [2.24, 2.45) is 17.8 Å². The van der Waals surface area contributed by atoms with Gasteiger partial charge in [0, 0.05) is 12.6 Å². The minimum absolute atomic E-state index is 0. The molecule has 4 heteroatoms. The number of amides is 1. The molecule has 2 fully saturated rings. The van der Waals surface area contributed by atoms with Crippen LogP contribution in [0.4, 0.5) is 0 Å². The molecule has 0 spiro atoms. The van der Waals surface area contributed by atoms with Crippen molar-refractivity contribution in [2.45, 2.75) is 64.8 Å². The molecule has 1 aliphatic heterocycles. The Hall–Kier alpha value is -0.280. The van der Waals surface area contributed by atoms with Crippen LogP contribution in [0.25, 0.3) is 0 Å². The van der Waals surface area contributed by atoms with Gasteiger partial charge in [0.2, 0.25) is 5.91 Å². The molecule has 2 N–H and O–H groups in total. The number of carbonyl (C=O) groups excluding carboxylic acids is 1. The predicted octanol–water partition coefficient (Wildman–Crippen LogP) is 3.13. The van der Waals surface area contributed by atoms with Gasteiger partial charge in [-0.3, -0.25) is 4.79 Å². The zero-order valence-corrected chi connectivity index (χ0v) is 13.8. The van der Waals surface area contributed by atoms with Crippen LogP contribution < -0.4 is 10.6 Å². The Bertz CT molecular complexity index is 286. The van der Waals surface area contributed by atoms with E-state index in [1.807, 2.05) is 0 Å². The number of rotatable bonds is 4. The van der Waals surface area contributed by atoms with Crippen LogP contribution in [0.2, 0.25) is 0 Å². The molecule has 0 radical (unpaired) electrons. The third kappa shape index (κ3) is 4.92. The van der Waals surface area contributed by atoms with Crippen LogP contribution in [0, 0.1) is 17.8 Å². The summed E-state index contributed by atoms with van der Waals surface area (Å²) in [6.45, 7) is 6.43. The first kappa shape index (κ1) is 17.8. The second-order valence-electron chi connectivity index (χ2n) is 6.60. The van der Waals surface area contributed by atoms with Crippen molar-refractivity contribution in [1.29, 1.82) is 0 Å². The van der Waals surface area contributed by atoms with Crippen molar-refractivity contribution in [3.63, 3.8) is 0 Å². The first-order chi connectivity index (χ1) is 9.18. The highest BCUT2D eigenvalue weighted by atomic mass is 35.5. The third-order valence-electron chi connectivity index (χ3n) is 5.22. The first-order valence-electron chi connectivity index (χ1n) is 8.19. The summed E-state index contributed by atoms with van der Waals surface area (Å²) in [5.41, 5.74) is 0. The van der Waals surface area contributed by atoms with Crippen molar-refractivity contribution < 1.29 is 4.79 Å². The van der Waals surface area contributed by atoms with E-state index in [0.717, 1.165) is 31.8 Å². The fourth-order valence-corrected chi connectivity index (χ4v) is 3.62. The van der Waals surface area contributed by atoms with Gasteiger partial charge < -0.3 is 10.6 Å². The van der Waals surface area contributed by atoms with Crippen LogP contribution in [-0.4, -0.2) is 25.0 Å². The van der Waals surface area contributed by atoms with Crippen LogP contribution in [0.5, 0.6) is 0 Å². The van der Waals surface area contributed by atoms with Gasteiger partial charge in [0.1, 0.15) is 0 Å². The smallest absolute Gasteiger partial charge is 0.224 e. The van der Waals surface area contributed by atoms with Gasteiger partial charge in [-0.1, -0.05) is 39.0 Å². The average Bonchev–Trinajstić information content (AvgIpc) is 2.48. The molecular formula is C16H31ClN2O. The highest BCUT2D eigenvalue weighted by molar-refractivity contribution is 5.85. The second-order valence-corrected chi connectivity index (χ2v) is 6.60. The first-order valence-corrected chi connectivity index (χ1v) is 8.19. The van der Waals surface area contributed by atoms with Crippen LogP contribution in [-0.2, 0) is 4.79 Å². The Morgan fingerprint density at radius 2 is 1.80 bits per heavy atom. The summed E-state index contributed by atoms with van der Waals surface area (Å²) in [5, 5.41) is 6.59. The molecule has 3 unspecified atom stereocenters. The van der Waals surface area contributed by atoms with Gasteiger partial charge in [-0.05, 0) is 38.1 Å². The summed E-state index contributed by atoms with van der Waals surface area (Å²) in [6.07, 6.45) is 9.04. The van der Waals surface area contributed by atoms with E-state index in [9.17, 15) is 4.79 Å². The predicted molar refractivity (Wildman–Crippen MR) is 86.2 cm³/mol. The van der Waals surface area contributed by atoms with Crippen molar-refractivity contribution >= 4 is 18.3 Å². The fourth-order valence-electron chi connectivity index (χ4n) is 3.62. The molecule has 2 aliphatic rings. The minimum Gasteiger partial charge on any atom is -0.353 e. The highest BCUT2D eigenvalue weighted by Crippen LogP contribution is 2.31. The quantitative estimate of drug-likeness (QED) is 0.838. The maximum absolute atomic E-state index is 12.2. The monoisotopic (exact) mass is 302 g/mol. The lowest BCUT2D eigenvalue weighted by atomic mass is 9.78. The van der Waals surface area contributed by atoms with Gasteiger partial charge in [-0.25, -0.2) is 0 Å². The molecule has 1 saturated carbocycles. The zero-order valence-electron chi connectivity index (χ0n) is 13.0. The zero-order chi connectivity index (χ0) is 13.7. The van der Waals surface area contributed by atoms with Crippen LogP contribution in [0.1, 0.15) is 58.8 Å². The van der Waals surface area contributed by atoms with Crippen molar-refractivity contribution in [1.82, 2.24) is 10.6 Å². The standard InChI is InChI=1S/C16H30N2O.ClH/c1-12(14-7-4-3-5-8-14)13(2)18-16(19)15-9-6-10-17-11-15;/h12-15,17H,3-11H2,1-2H3,(H,18,19);1H. The lowest BCUT2D eigenvalue weighted by Gasteiger charge is -2.33. The number of nitrogens with one attached hydrogen (secondary N) is 2. The van der Waals surface area contributed by atoms with E-state index in [-0.39, 0.29) is 24.2 Å². The van der Waals surface area contributed by atoms with Gasteiger partial charge in [-0.2, -0.15) is 0 Å². The minimum atomic E-state index is 0. The molecule has 20 heavy (non-hydrogen) atoms. The van der Waals surface area contributed by atoms with Crippen LogP contribution >= 0.6 is 12.4 Å². The number of carbonyl (C=O) groups is 1. The molecule has 3 atom stereocenters. The largest absolute Gasteiger partial charge is 0.353 e. The van der Waals surface area contributed by atoms with E-state index < -0.39 is 0 Å². The molecule has 0 aromatic carbocycles. The van der Waals surface area contributed by atoms with E-state index in [4.69, 9.17) is 0 Å². The number of halogens is 1. The Morgan fingerprint density at radius 1 is 1.10 bits per heavy atom. The average molecular weight is 303 g/mol. The Kier molecular flexibility index (Phi) is 7.90. The number of hydrogen-bond acceptors (Lipinski definition) is 2. The summed E-state index contributed by atoms with van der Waals surface area (Å²) >= 11 is 0. The van der Waals surface area contributed by atoms with Gasteiger partial charge in [-0.15, -0.1) is 12.4 Å². The molecule has 0 bridgehead atoms. The molecule has 0 aromatic heterocycles. The molecule has 0 aromatic rings. The molecule has 1 heterocycles. The molecule has 118 valence electrons. The summed E-state index contributed by atoms with van der Waals surface area (Å²) in [7, 11) is 0. The molecule has 3 nitrogen and oxygen atoms in total. The van der Waals surface area contributed by atoms with Gasteiger partial charge in [0.15, 0.2) is 0 Å². The SMILES string of the molecule is CC(NC(=O)C1CCCNC1)C(C)C1CCCCC1.Cl. The van der Waals surface area contributed by atoms with Crippen molar-refractivity contribution in [3.8, 4) is 0 Å². The maximum atomic E-state index is 12.2. The highest BCUT2D eigenvalue weighted by Gasteiger charge is 2.28. The maximum Gasteiger partial charge on any atom is 0.224 e. The molecule has 1 saturated heterocycles. The molecule has 1 aliphatic carbocycles. The third-order valence-corrected chi connectivity index (χ3v) is 5.22. The topological polar surface area (TPSA) is 41.1 Å². The summed E-state index contributed by atoms with van der Waals surface area (Å²) in [4.78, 5) is 12.2. The lowest BCUT2D eigenvalue weighted by molar-refractivity contribution is -0.126. The Labute approximate surface area is 130 Å². The Morgan fingerprint density at radius 3 is 2.40 bits per heavy atom. The molecule has 1 amide bonds. The summed E-state index contributed by atoms with van der Waals surface area (Å²) < 4.78 is 0. The molecular weight excluding hydrogens is 272 g/mol. The summed E-state index contributed by atoms with van der Waals surface area (Å²) in [5.74, 6) is 1.88. The van der Waals surface area contributed by atoms with Crippen LogP contribution in [0.15, 0.2) is 0 Å². The van der Waals surface area contributed by atoms with E-state index in [0.29, 0.717) is 12.0 Å². The molecule has 2 rings (SSSR count). The normalized spacial score (nSPS) is 27.2. The number of piperidine rings is 1. The van der Waals surface area contributed by atoms with E-state index in [1.165, 1.54) is 32.1 Å². The lowest BCUT2D eigenvalue weighted by Crippen LogP contribution is -2.46. The fraction of sp³-hybridized carbons (Fsp3) is 0.938. The van der Waals surface area contributed by atoms with E-state index in [2.05, 4.69) is 24.5 Å². The van der Waals surface area contributed by atoms with Gasteiger partial charge in [0.25, 0.3) is 0 Å². The van der Waals surface area contributed by atoms with E-state index in [1.54, 1.807) is 0 Å². The van der Waals surface area contributed by atoms with Crippen LogP contribution in [0.3, 0.4) is 0 Å². The number of hydrogen-bond donors (Lipinski definition) is 2. The van der Waals surface area contributed by atoms with E-state index >= 15 is 0 Å². The summed E-state index contributed by atoms with van der Waals surface area (Å²) in [6, 6.07) is 0.317. The second kappa shape index (κ2) is 8.89. The van der Waals surface area contributed by atoms with Crippen molar-refractivity contribution in [3.05, 3.63) is 0 Å². The Balaban J connectivity index is 0.00000200. The van der Waals surface area contributed by atoms with Gasteiger partial charge >= 0.3 is 0 Å².